The fourth-order valence-corrected chi connectivity index (χ4v) is 3.67. The molecule has 0 atom stereocenters. The van der Waals surface area contributed by atoms with Crippen molar-refractivity contribution in [3.63, 3.8) is 0 Å². The number of aliphatic imine (C=N–C) groups is 2. The number of hydrogen-bond donors (Lipinski definition) is 2. The van der Waals surface area contributed by atoms with Crippen LogP contribution in [0, 0.1) is 27.7 Å². The van der Waals surface area contributed by atoms with Crippen molar-refractivity contribution >= 4 is 34.8 Å². The van der Waals surface area contributed by atoms with Crippen molar-refractivity contribution in [2.24, 2.45) is 9.98 Å². The van der Waals surface area contributed by atoms with E-state index in [0.717, 1.165) is 33.9 Å². The van der Waals surface area contributed by atoms with Gasteiger partial charge in [-0.1, -0.05) is 60.7 Å². The summed E-state index contributed by atoms with van der Waals surface area (Å²) in [6, 6.07) is 22.5. The van der Waals surface area contributed by atoms with E-state index in [4.69, 9.17) is 0 Å². The number of nitrogens with zero attached hydrogens (tertiary/aromatic N) is 6. The minimum atomic E-state index is 0. The van der Waals surface area contributed by atoms with E-state index >= 15 is 0 Å². The van der Waals surface area contributed by atoms with Crippen LogP contribution in [-0.4, -0.2) is 41.6 Å². The Labute approximate surface area is 251 Å². The van der Waals surface area contributed by atoms with E-state index in [-0.39, 0.29) is 28.6 Å². The number of benzene rings is 2. The molecule has 2 aromatic heterocycles. The number of aliphatic hydroxyl groups excluding tert-OH is 2. The van der Waals surface area contributed by atoms with Gasteiger partial charge in [-0.05, 0) is 53.7 Å². The molecule has 211 valence electrons. The van der Waals surface area contributed by atoms with Gasteiger partial charge < -0.3 is 10.2 Å². The molecule has 4 rings (SSSR count). The van der Waals surface area contributed by atoms with Crippen molar-refractivity contribution in [2.45, 2.75) is 41.5 Å². The van der Waals surface area contributed by atoms with E-state index in [9.17, 15) is 10.2 Å². The number of aryl methyl sites for hydroxylation is 4. The molecular formula is C32H34MnN6O2. The van der Waals surface area contributed by atoms with Crippen LogP contribution >= 0.6 is 0 Å². The molecule has 2 aromatic carbocycles. The van der Waals surface area contributed by atoms with Crippen molar-refractivity contribution < 1.29 is 27.3 Å². The number of hydrogen-bond acceptors (Lipinski definition) is 8. The van der Waals surface area contributed by atoms with Gasteiger partial charge in [0.25, 0.3) is 0 Å². The quantitative estimate of drug-likeness (QED) is 0.136. The van der Waals surface area contributed by atoms with Gasteiger partial charge in [0.05, 0.1) is 0 Å². The molecule has 4 aromatic rings. The minimum Gasteiger partial charge on any atom is -0.507 e. The molecule has 0 fully saturated rings. The second-order valence-corrected chi connectivity index (χ2v) is 9.20. The summed E-state index contributed by atoms with van der Waals surface area (Å²) in [5, 5.41) is 20.0. The number of aliphatic hydroxyl groups is 2. The van der Waals surface area contributed by atoms with E-state index in [0.29, 0.717) is 23.3 Å². The normalized spacial score (nSPS) is 12.2. The van der Waals surface area contributed by atoms with Crippen LogP contribution in [0.15, 0.2) is 94.9 Å². The van der Waals surface area contributed by atoms with Gasteiger partial charge in [-0.25, -0.2) is 29.9 Å². The fourth-order valence-electron chi connectivity index (χ4n) is 3.67. The van der Waals surface area contributed by atoms with Crippen LogP contribution in [0.25, 0.3) is 11.5 Å². The Morgan fingerprint density at radius 3 is 1.15 bits per heavy atom. The first-order valence-corrected chi connectivity index (χ1v) is 12.8. The first kappa shape index (κ1) is 32.7. The molecule has 0 aliphatic carbocycles. The molecule has 2 N–H and O–H groups in total. The van der Waals surface area contributed by atoms with Crippen LogP contribution < -0.4 is 0 Å². The predicted octanol–water partition coefficient (Wildman–Crippen LogP) is 7.57. The largest absolute Gasteiger partial charge is 0.507 e. The first-order valence-electron chi connectivity index (χ1n) is 12.8. The molecule has 9 heteroatoms. The average molecular weight is 590 g/mol. The average Bonchev–Trinajstić information content (AvgIpc) is 2.88. The van der Waals surface area contributed by atoms with Crippen LogP contribution in [0.4, 0.5) is 11.9 Å². The summed E-state index contributed by atoms with van der Waals surface area (Å²) in [6.45, 7) is 11.2. The number of rotatable bonds is 6. The maximum Gasteiger partial charge on any atom is 0.249 e. The molecule has 0 bridgehead atoms. The molecule has 0 amide bonds. The van der Waals surface area contributed by atoms with E-state index in [1.54, 1.807) is 26.0 Å². The summed E-state index contributed by atoms with van der Waals surface area (Å²) < 4.78 is 0. The third-order valence-electron chi connectivity index (χ3n) is 5.32. The second-order valence-electron chi connectivity index (χ2n) is 9.20. The standard InChI is InChI=1S/2C16H17N3O.Mn/c2*1-11-9-12(2)18-16(17-11)19-13(3)10-15(20)14-7-5-4-6-8-14;/h2*4-10,20H,1-3H3;/b2*15-10-,19-13+;. The number of aromatic nitrogens is 4. The Hall–Kier alpha value is -4.46. The molecule has 41 heavy (non-hydrogen) atoms. The molecule has 1 radical (unpaired) electrons. The van der Waals surface area contributed by atoms with Crippen molar-refractivity contribution in [3.8, 4) is 0 Å². The molecule has 0 saturated heterocycles. The topological polar surface area (TPSA) is 117 Å². The van der Waals surface area contributed by atoms with E-state index in [1.165, 1.54) is 0 Å². The Morgan fingerprint density at radius 2 is 0.854 bits per heavy atom. The van der Waals surface area contributed by atoms with Crippen molar-refractivity contribution in [1.82, 2.24) is 19.9 Å². The summed E-state index contributed by atoms with van der Waals surface area (Å²) in [6.07, 6.45) is 3.22. The van der Waals surface area contributed by atoms with E-state index in [2.05, 4.69) is 29.9 Å². The van der Waals surface area contributed by atoms with Crippen LogP contribution in [0.5, 0.6) is 0 Å². The van der Waals surface area contributed by atoms with Crippen LogP contribution in [0.1, 0.15) is 47.8 Å². The summed E-state index contributed by atoms with van der Waals surface area (Å²) >= 11 is 0. The zero-order valence-corrected chi connectivity index (χ0v) is 25.2. The SMILES string of the molecule is CC(/C=C(\O)c1ccccc1)=N\c1nc(C)cc(C)n1.CC(/C=C(\O)c1ccccc1)=N\c1nc(C)cc(C)n1.[Mn]. The monoisotopic (exact) mass is 589 g/mol. The zero-order valence-electron chi connectivity index (χ0n) is 24.0. The van der Waals surface area contributed by atoms with Crippen molar-refractivity contribution in [2.75, 3.05) is 0 Å². The van der Waals surface area contributed by atoms with Crippen LogP contribution in [-0.2, 0) is 17.1 Å². The smallest absolute Gasteiger partial charge is 0.249 e. The second kappa shape index (κ2) is 16.0. The molecule has 8 nitrogen and oxygen atoms in total. The zero-order chi connectivity index (χ0) is 29.1. The van der Waals surface area contributed by atoms with Gasteiger partial charge >= 0.3 is 0 Å². The van der Waals surface area contributed by atoms with Gasteiger partial charge in [-0.15, -0.1) is 0 Å². The Kier molecular flexibility index (Phi) is 12.7. The molecule has 0 unspecified atom stereocenters. The van der Waals surface area contributed by atoms with E-state index in [1.807, 2.05) is 100 Å². The van der Waals surface area contributed by atoms with Gasteiger partial charge in [-0.2, -0.15) is 0 Å². The van der Waals surface area contributed by atoms with Crippen LogP contribution in [0.2, 0.25) is 0 Å². The summed E-state index contributed by atoms with van der Waals surface area (Å²) in [5.41, 5.74) is 6.31. The fraction of sp³-hybridized carbons (Fsp3) is 0.188. The third-order valence-corrected chi connectivity index (χ3v) is 5.32. The van der Waals surface area contributed by atoms with Gasteiger partial charge in [0, 0.05) is 74.5 Å². The molecule has 2 heterocycles. The molecule has 0 aliphatic heterocycles. The number of allylic oxidation sites excluding steroid dienone is 2. The van der Waals surface area contributed by atoms with Gasteiger partial charge in [-0.3, -0.25) is 0 Å². The van der Waals surface area contributed by atoms with Gasteiger partial charge in [0.1, 0.15) is 11.5 Å². The molecule has 0 saturated carbocycles. The van der Waals surface area contributed by atoms with Crippen molar-refractivity contribution in [3.05, 3.63) is 119 Å². The Bertz CT molecular complexity index is 1410. The predicted molar refractivity (Wildman–Crippen MR) is 163 cm³/mol. The van der Waals surface area contributed by atoms with Crippen LogP contribution in [0.3, 0.4) is 0 Å². The Balaban J connectivity index is 0.000000280. The minimum absolute atomic E-state index is 0. The van der Waals surface area contributed by atoms with Gasteiger partial charge in [0.2, 0.25) is 11.9 Å². The molecule has 0 spiro atoms. The molecule has 0 aliphatic rings. The molecular weight excluding hydrogens is 555 g/mol. The summed E-state index contributed by atoms with van der Waals surface area (Å²) in [7, 11) is 0. The third kappa shape index (κ3) is 11.3. The summed E-state index contributed by atoms with van der Waals surface area (Å²) in [5.74, 6) is 1.18. The summed E-state index contributed by atoms with van der Waals surface area (Å²) in [4.78, 5) is 25.6. The van der Waals surface area contributed by atoms with Gasteiger partial charge in [0.15, 0.2) is 0 Å². The maximum atomic E-state index is 10.0. The van der Waals surface area contributed by atoms with E-state index < -0.39 is 0 Å². The Morgan fingerprint density at radius 1 is 0.561 bits per heavy atom. The van der Waals surface area contributed by atoms with Crippen molar-refractivity contribution in [1.29, 1.82) is 0 Å². The maximum absolute atomic E-state index is 10.0. The first-order chi connectivity index (χ1) is 19.1.